The Bertz CT molecular complexity index is 1220. The van der Waals surface area contributed by atoms with Crippen molar-refractivity contribution >= 4 is 21.6 Å². The van der Waals surface area contributed by atoms with Gasteiger partial charge in [-0.25, -0.2) is 8.42 Å². The molecule has 1 amide bonds. The molecule has 7 heteroatoms. The SMILES string of the molecule is COc1ccc(CN(C)C(=O)c2ccc3c(c2)C[C@H](C)N3S(=O)(=O)c2ccccc2)cc1. The van der Waals surface area contributed by atoms with Crippen LogP contribution in [0.25, 0.3) is 0 Å². The summed E-state index contributed by atoms with van der Waals surface area (Å²) in [6.45, 7) is 2.35. The number of hydrogen-bond donors (Lipinski definition) is 0. The van der Waals surface area contributed by atoms with Gasteiger partial charge in [-0.05, 0) is 66.9 Å². The van der Waals surface area contributed by atoms with E-state index in [2.05, 4.69) is 0 Å². The van der Waals surface area contributed by atoms with Crippen LogP contribution >= 0.6 is 0 Å². The molecule has 0 spiro atoms. The van der Waals surface area contributed by atoms with Crippen molar-refractivity contribution in [1.82, 2.24) is 4.90 Å². The van der Waals surface area contributed by atoms with Gasteiger partial charge >= 0.3 is 0 Å². The Morgan fingerprint density at radius 2 is 1.75 bits per heavy atom. The molecule has 0 bridgehead atoms. The average molecular weight is 451 g/mol. The van der Waals surface area contributed by atoms with Gasteiger partial charge in [0.2, 0.25) is 0 Å². The normalized spacial score (nSPS) is 15.3. The Kier molecular flexibility index (Phi) is 5.93. The Morgan fingerprint density at radius 1 is 1.06 bits per heavy atom. The lowest BCUT2D eigenvalue weighted by Crippen LogP contribution is -2.35. The molecule has 1 heterocycles. The van der Waals surface area contributed by atoms with Crippen LogP contribution in [-0.2, 0) is 23.0 Å². The lowest BCUT2D eigenvalue weighted by molar-refractivity contribution is 0.0785. The van der Waals surface area contributed by atoms with Crippen LogP contribution in [0.5, 0.6) is 5.75 Å². The first-order valence-corrected chi connectivity index (χ1v) is 11.9. The van der Waals surface area contributed by atoms with E-state index in [4.69, 9.17) is 4.74 Å². The first-order valence-electron chi connectivity index (χ1n) is 10.4. The molecule has 0 aromatic heterocycles. The van der Waals surface area contributed by atoms with E-state index in [1.807, 2.05) is 37.3 Å². The van der Waals surface area contributed by atoms with Crippen molar-refractivity contribution in [2.75, 3.05) is 18.5 Å². The van der Waals surface area contributed by atoms with Gasteiger partial charge in [0.05, 0.1) is 17.7 Å². The molecule has 166 valence electrons. The zero-order valence-electron chi connectivity index (χ0n) is 18.4. The van der Waals surface area contributed by atoms with Crippen molar-refractivity contribution in [3.63, 3.8) is 0 Å². The van der Waals surface area contributed by atoms with Gasteiger partial charge in [0, 0.05) is 25.2 Å². The van der Waals surface area contributed by atoms with Gasteiger partial charge in [-0.2, -0.15) is 0 Å². The van der Waals surface area contributed by atoms with Gasteiger partial charge in [-0.15, -0.1) is 0 Å². The van der Waals surface area contributed by atoms with E-state index in [0.29, 0.717) is 24.2 Å². The second-order valence-corrected chi connectivity index (χ2v) is 9.83. The smallest absolute Gasteiger partial charge is 0.264 e. The van der Waals surface area contributed by atoms with Crippen molar-refractivity contribution in [1.29, 1.82) is 0 Å². The minimum Gasteiger partial charge on any atom is -0.497 e. The standard InChI is InChI=1S/C25H26N2O4S/c1-18-15-21-16-20(25(28)26(2)17-19-9-12-22(31-3)13-10-19)11-14-24(21)27(18)32(29,30)23-7-5-4-6-8-23/h4-14,16,18H,15,17H2,1-3H3/t18-/m0/s1. The molecule has 0 unspecified atom stereocenters. The second kappa shape index (κ2) is 8.67. The summed E-state index contributed by atoms with van der Waals surface area (Å²) in [6.07, 6.45) is 0.560. The van der Waals surface area contributed by atoms with Gasteiger partial charge in [0.15, 0.2) is 0 Å². The molecule has 1 atom stereocenters. The molecule has 0 radical (unpaired) electrons. The van der Waals surface area contributed by atoms with Crippen LogP contribution in [0.2, 0.25) is 0 Å². The van der Waals surface area contributed by atoms with E-state index in [9.17, 15) is 13.2 Å². The van der Waals surface area contributed by atoms with Gasteiger partial charge < -0.3 is 9.64 Å². The molecule has 0 saturated heterocycles. The number of nitrogens with zero attached hydrogens (tertiary/aromatic N) is 2. The number of rotatable bonds is 6. The molecule has 0 N–H and O–H groups in total. The van der Waals surface area contributed by atoms with E-state index in [1.54, 1.807) is 61.5 Å². The minimum absolute atomic E-state index is 0.111. The number of carbonyl (C=O) groups is 1. The van der Waals surface area contributed by atoms with E-state index in [-0.39, 0.29) is 16.8 Å². The monoisotopic (exact) mass is 450 g/mol. The van der Waals surface area contributed by atoms with E-state index in [0.717, 1.165) is 16.9 Å². The summed E-state index contributed by atoms with van der Waals surface area (Å²) >= 11 is 0. The highest BCUT2D eigenvalue weighted by Crippen LogP contribution is 2.37. The second-order valence-electron chi connectivity index (χ2n) is 8.02. The number of anilines is 1. The van der Waals surface area contributed by atoms with Gasteiger partial charge in [0.1, 0.15) is 5.75 Å². The highest BCUT2D eigenvalue weighted by atomic mass is 32.2. The summed E-state index contributed by atoms with van der Waals surface area (Å²) in [7, 11) is -0.294. The van der Waals surface area contributed by atoms with Crippen LogP contribution in [0.15, 0.2) is 77.7 Å². The quantitative estimate of drug-likeness (QED) is 0.567. The van der Waals surface area contributed by atoms with Crippen molar-refractivity contribution in [3.05, 3.63) is 89.5 Å². The summed E-state index contributed by atoms with van der Waals surface area (Å²) in [5, 5.41) is 0. The van der Waals surface area contributed by atoms with Crippen LogP contribution in [0.3, 0.4) is 0 Å². The molecule has 0 aliphatic carbocycles. The maximum absolute atomic E-state index is 13.2. The summed E-state index contributed by atoms with van der Waals surface area (Å²) in [4.78, 5) is 14.9. The third-order valence-corrected chi connectivity index (χ3v) is 7.65. The van der Waals surface area contributed by atoms with Crippen molar-refractivity contribution in [2.45, 2.75) is 30.8 Å². The summed E-state index contributed by atoms with van der Waals surface area (Å²) < 4.78 is 33.1. The molecule has 6 nitrogen and oxygen atoms in total. The van der Waals surface area contributed by atoms with Crippen molar-refractivity contribution in [3.8, 4) is 5.75 Å². The third-order valence-electron chi connectivity index (χ3n) is 5.71. The fourth-order valence-corrected chi connectivity index (χ4v) is 5.82. The van der Waals surface area contributed by atoms with Gasteiger partial charge in [-0.3, -0.25) is 9.10 Å². The van der Waals surface area contributed by atoms with E-state index in [1.165, 1.54) is 4.31 Å². The number of hydrogen-bond acceptors (Lipinski definition) is 4. The highest BCUT2D eigenvalue weighted by Gasteiger charge is 2.36. The number of sulfonamides is 1. The average Bonchev–Trinajstić information content (AvgIpc) is 3.15. The number of fused-ring (bicyclic) bond motifs is 1. The Hall–Kier alpha value is -3.32. The fourth-order valence-electron chi connectivity index (χ4n) is 4.11. The van der Waals surface area contributed by atoms with Crippen molar-refractivity contribution in [2.24, 2.45) is 0 Å². The lowest BCUT2D eigenvalue weighted by atomic mass is 10.1. The maximum atomic E-state index is 13.2. The highest BCUT2D eigenvalue weighted by molar-refractivity contribution is 7.92. The van der Waals surface area contributed by atoms with Gasteiger partial charge in [0.25, 0.3) is 15.9 Å². The van der Waals surface area contributed by atoms with Crippen LogP contribution in [0.1, 0.15) is 28.4 Å². The minimum atomic E-state index is -3.67. The topological polar surface area (TPSA) is 66.9 Å². The van der Waals surface area contributed by atoms with Crippen molar-refractivity contribution < 1.29 is 17.9 Å². The summed E-state index contributed by atoms with van der Waals surface area (Å²) in [5.74, 6) is 0.658. The predicted octanol–water partition coefficient (Wildman–Crippen LogP) is 4.11. The summed E-state index contributed by atoms with van der Waals surface area (Å²) in [5.41, 5.74) is 3.04. The van der Waals surface area contributed by atoms with E-state index >= 15 is 0 Å². The fraction of sp³-hybridized carbons (Fsp3) is 0.240. The Morgan fingerprint density at radius 3 is 2.41 bits per heavy atom. The summed E-state index contributed by atoms with van der Waals surface area (Å²) in [6, 6.07) is 21.1. The molecule has 3 aromatic rings. The molecule has 4 rings (SSSR count). The molecule has 32 heavy (non-hydrogen) atoms. The number of methoxy groups -OCH3 is 1. The Labute approximate surface area is 189 Å². The molecular formula is C25H26N2O4S. The molecule has 3 aromatic carbocycles. The number of benzene rings is 3. The molecule has 0 saturated carbocycles. The first kappa shape index (κ1) is 21.9. The molecule has 1 aliphatic rings. The third kappa shape index (κ3) is 4.08. The number of amides is 1. The van der Waals surface area contributed by atoms with Crippen LogP contribution in [-0.4, -0.2) is 39.4 Å². The van der Waals surface area contributed by atoms with Crippen LogP contribution in [0.4, 0.5) is 5.69 Å². The predicted molar refractivity (Wildman–Crippen MR) is 125 cm³/mol. The zero-order chi connectivity index (χ0) is 22.9. The van der Waals surface area contributed by atoms with E-state index < -0.39 is 10.0 Å². The molecule has 0 fully saturated rings. The Balaban J connectivity index is 1.56. The molecular weight excluding hydrogens is 424 g/mol. The van der Waals surface area contributed by atoms with Crippen LogP contribution < -0.4 is 9.04 Å². The lowest BCUT2D eigenvalue weighted by Gasteiger charge is -2.24. The van der Waals surface area contributed by atoms with Gasteiger partial charge in [-0.1, -0.05) is 30.3 Å². The first-order chi connectivity index (χ1) is 15.3. The zero-order valence-corrected chi connectivity index (χ0v) is 19.2. The maximum Gasteiger partial charge on any atom is 0.264 e. The molecule has 1 aliphatic heterocycles. The number of carbonyl (C=O) groups excluding carboxylic acids is 1. The number of ether oxygens (including phenoxy) is 1. The van der Waals surface area contributed by atoms with Crippen LogP contribution in [0, 0.1) is 0 Å². The largest absolute Gasteiger partial charge is 0.497 e.